The molecule has 2 atom stereocenters. The van der Waals surface area contributed by atoms with Gasteiger partial charge in [-0.1, -0.05) is 41.5 Å². The second kappa shape index (κ2) is 16.4. The first-order valence-corrected chi connectivity index (χ1v) is 16.6. The number of hydrogen-bond donors (Lipinski definition) is 2. The van der Waals surface area contributed by atoms with Crippen LogP contribution in [-0.2, 0) is 5.41 Å². The van der Waals surface area contributed by atoms with Crippen molar-refractivity contribution in [1.82, 2.24) is 9.80 Å². The molecule has 2 rings (SSSR count). The van der Waals surface area contributed by atoms with Crippen LogP contribution >= 0.6 is 63.7 Å². The third kappa shape index (κ3) is 9.94. The lowest BCUT2D eigenvalue weighted by Crippen LogP contribution is -2.35. The molecule has 0 saturated carbocycles. The SMILES string of the molecule is CCN(CC)C[C@H](O)COc1c(Br)cc(C(C)(C)c2cc(Br)c(OC[C@H](O)CN(CC)CC)c(Br)c2)cc1Br. The highest BCUT2D eigenvalue weighted by molar-refractivity contribution is 9.11. The lowest BCUT2D eigenvalue weighted by Gasteiger charge is -2.29. The van der Waals surface area contributed by atoms with Crippen molar-refractivity contribution in [1.29, 1.82) is 0 Å². The number of ether oxygens (including phenoxy) is 2. The summed E-state index contributed by atoms with van der Waals surface area (Å²) in [7, 11) is 0. The Morgan fingerprint density at radius 3 is 1.18 bits per heavy atom. The van der Waals surface area contributed by atoms with Crippen LogP contribution in [0.15, 0.2) is 42.2 Å². The maximum absolute atomic E-state index is 10.4. The Morgan fingerprint density at radius 1 is 0.641 bits per heavy atom. The molecule has 220 valence electrons. The monoisotopic (exact) mass is 798 g/mol. The molecule has 10 heteroatoms. The molecule has 6 nitrogen and oxygen atoms in total. The van der Waals surface area contributed by atoms with Gasteiger partial charge in [-0.05, 0) is 125 Å². The predicted molar refractivity (Wildman–Crippen MR) is 174 cm³/mol. The lowest BCUT2D eigenvalue weighted by atomic mass is 9.78. The Balaban J connectivity index is 2.19. The largest absolute Gasteiger partial charge is 0.488 e. The first-order chi connectivity index (χ1) is 18.4. The summed E-state index contributed by atoms with van der Waals surface area (Å²) in [6.07, 6.45) is -1.15. The van der Waals surface area contributed by atoms with E-state index in [0.29, 0.717) is 24.6 Å². The number of benzene rings is 2. The fourth-order valence-corrected chi connectivity index (χ4v) is 7.14. The Labute approximate surface area is 267 Å². The van der Waals surface area contributed by atoms with E-state index >= 15 is 0 Å². The van der Waals surface area contributed by atoms with Gasteiger partial charge >= 0.3 is 0 Å². The molecular weight excluding hydrogens is 760 g/mol. The molecule has 0 aromatic heterocycles. The van der Waals surface area contributed by atoms with Crippen LogP contribution in [0, 0.1) is 0 Å². The van der Waals surface area contributed by atoms with Crippen LogP contribution in [0.3, 0.4) is 0 Å². The van der Waals surface area contributed by atoms with Gasteiger partial charge in [0, 0.05) is 18.5 Å². The smallest absolute Gasteiger partial charge is 0.147 e. The second-order valence-electron chi connectivity index (χ2n) is 10.1. The van der Waals surface area contributed by atoms with E-state index < -0.39 is 12.2 Å². The highest BCUT2D eigenvalue weighted by Crippen LogP contribution is 2.44. The summed E-state index contributed by atoms with van der Waals surface area (Å²) in [5.74, 6) is 1.34. The van der Waals surface area contributed by atoms with Crippen LogP contribution in [0.1, 0.15) is 52.7 Å². The normalized spacial score (nSPS) is 13.7. The average Bonchev–Trinajstić information content (AvgIpc) is 2.89. The van der Waals surface area contributed by atoms with Crippen molar-refractivity contribution in [2.45, 2.75) is 59.2 Å². The van der Waals surface area contributed by atoms with Gasteiger partial charge in [0.2, 0.25) is 0 Å². The molecule has 0 radical (unpaired) electrons. The summed E-state index contributed by atoms with van der Waals surface area (Å²) in [5, 5.41) is 20.9. The Kier molecular flexibility index (Phi) is 14.8. The van der Waals surface area contributed by atoms with Crippen LogP contribution in [-0.4, -0.2) is 84.7 Å². The molecule has 2 aromatic carbocycles. The van der Waals surface area contributed by atoms with Crippen LogP contribution in [0.5, 0.6) is 11.5 Å². The predicted octanol–water partition coefficient (Wildman–Crippen LogP) is 7.23. The second-order valence-corrected chi connectivity index (χ2v) is 13.5. The van der Waals surface area contributed by atoms with Crippen molar-refractivity contribution in [2.75, 3.05) is 52.5 Å². The Bertz CT molecular complexity index is 934. The maximum atomic E-state index is 10.4. The Hall–Kier alpha value is -0.200. The molecule has 0 spiro atoms. The van der Waals surface area contributed by atoms with Gasteiger partial charge in [-0.25, -0.2) is 0 Å². The zero-order valence-corrected chi connectivity index (χ0v) is 30.1. The lowest BCUT2D eigenvalue weighted by molar-refractivity contribution is 0.0710. The number of nitrogens with zero attached hydrogens (tertiary/aromatic N) is 2. The van der Waals surface area contributed by atoms with E-state index in [1.54, 1.807) is 0 Å². The first kappa shape index (κ1) is 35.0. The summed E-state index contributed by atoms with van der Waals surface area (Å²) >= 11 is 14.7. The Morgan fingerprint density at radius 2 is 0.923 bits per heavy atom. The van der Waals surface area contributed by atoms with Crippen LogP contribution < -0.4 is 9.47 Å². The third-order valence-corrected chi connectivity index (χ3v) is 9.36. The van der Waals surface area contributed by atoms with E-state index in [0.717, 1.165) is 55.2 Å². The summed E-state index contributed by atoms with van der Waals surface area (Å²) < 4.78 is 15.3. The van der Waals surface area contributed by atoms with Crippen LogP contribution in [0.25, 0.3) is 0 Å². The molecule has 0 bridgehead atoms. The first-order valence-electron chi connectivity index (χ1n) is 13.4. The van der Waals surface area contributed by atoms with Gasteiger partial charge in [-0.3, -0.25) is 0 Å². The number of halogens is 4. The molecule has 0 unspecified atom stereocenters. The summed E-state index contributed by atoms with van der Waals surface area (Å²) in [4.78, 5) is 4.34. The molecule has 2 N–H and O–H groups in total. The minimum Gasteiger partial charge on any atom is -0.488 e. The third-order valence-electron chi connectivity index (χ3n) is 7.01. The maximum Gasteiger partial charge on any atom is 0.147 e. The van der Waals surface area contributed by atoms with E-state index in [-0.39, 0.29) is 18.6 Å². The van der Waals surface area contributed by atoms with Crippen molar-refractivity contribution in [3.8, 4) is 11.5 Å². The topological polar surface area (TPSA) is 65.4 Å². The fraction of sp³-hybridized carbons (Fsp3) is 0.586. The molecule has 0 aliphatic rings. The number of aliphatic hydroxyl groups excluding tert-OH is 2. The number of aliphatic hydroxyl groups is 2. The molecule has 0 aliphatic heterocycles. The number of hydrogen-bond acceptors (Lipinski definition) is 6. The van der Waals surface area contributed by atoms with Gasteiger partial charge in [0.15, 0.2) is 0 Å². The fourth-order valence-electron chi connectivity index (χ4n) is 4.31. The van der Waals surface area contributed by atoms with Crippen molar-refractivity contribution in [3.05, 3.63) is 53.3 Å². The molecule has 0 heterocycles. The van der Waals surface area contributed by atoms with Crippen molar-refractivity contribution in [3.63, 3.8) is 0 Å². The molecule has 39 heavy (non-hydrogen) atoms. The highest BCUT2D eigenvalue weighted by atomic mass is 79.9. The van der Waals surface area contributed by atoms with Gasteiger partial charge in [0.25, 0.3) is 0 Å². The van der Waals surface area contributed by atoms with Crippen LogP contribution in [0.2, 0.25) is 0 Å². The average molecular weight is 802 g/mol. The van der Waals surface area contributed by atoms with E-state index in [2.05, 4.69) is 139 Å². The van der Waals surface area contributed by atoms with E-state index in [9.17, 15) is 10.2 Å². The highest BCUT2D eigenvalue weighted by Gasteiger charge is 2.28. The van der Waals surface area contributed by atoms with Crippen LogP contribution in [0.4, 0.5) is 0 Å². The summed E-state index contributed by atoms with van der Waals surface area (Å²) in [5.41, 5.74) is 1.82. The van der Waals surface area contributed by atoms with E-state index in [4.69, 9.17) is 9.47 Å². The zero-order chi connectivity index (χ0) is 29.3. The van der Waals surface area contributed by atoms with Gasteiger partial charge in [-0.2, -0.15) is 0 Å². The molecule has 0 amide bonds. The summed E-state index contributed by atoms with van der Waals surface area (Å²) in [6, 6.07) is 8.25. The minimum atomic E-state index is -0.575. The molecule has 2 aromatic rings. The molecular formula is C29H42Br4N2O4. The van der Waals surface area contributed by atoms with Crippen molar-refractivity contribution >= 4 is 63.7 Å². The van der Waals surface area contributed by atoms with E-state index in [1.165, 1.54) is 0 Å². The molecule has 0 fully saturated rings. The minimum absolute atomic E-state index is 0.210. The van der Waals surface area contributed by atoms with Crippen molar-refractivity contribution in [2.24, 2.45) is 0 Å². The molecule has 0 aliphatic carbocycles. The van der Waals surface area contributed by atoms with Crippen molar-refractivity contribution < 1.29 is 19.7 Å². The number of rotatable bonds is 16. The molecule has 0 saturated heterocycles. The van der Waals surface area contributed by atoms with Gasteiger partial charge in [0.1, 0.15) is 36.9 Å². The van der Waals surface area contributed by atoms with Gasteiger partial charge in [0.05, 0.1) is 17.9 Å². The van der Waals surface area contributed by atoms with Gasteiger partial charge < -0.3 is 29.5 Å². The summed E-state index contributed by atoms with van der Waals surface area (Å²) in [6.45, 7) is 17.8. The van der Waals surface area contributed by atoms with Gasteiger partial charge in [-0.15, -0.1) is 0 Å². The quantitative estimate of drug-likeness (QED) is 0.187. The van der Waals surface area contributed by atoms with E-state index in [1.807, 2.05) is 0 Å². The standard InChI is InChI=1S/C29H42Br4N2O4/c1-7-34(8-2)15-21(36)17-38-27-23(30)11-19(12-24(27)31)29(5,6)20-13-25(32)28(26(33)14-20)39-18-22(37)16-35(9-3)10-4/h11-14,21-22,36-37H,7-10,15-18H2,1-6H3/t21-,22+. The number of likely N-dealkylation sites (N-methyl/N-ethyl adjacent to an activating group) is 2. The zero-order valence-electron chi connectivity index (χ0n) is 23.7.